The molecule has 6 aromatic rings. The minimum Gasteiger partial charge on any atom is -0.469 e. The quantitative estimate of drug-likeness (QED) is 0.0983. The number of nitrogens with zero attached hydrogens (tertiary/aromatic N) is 6. The van der Waals surface area contributed by atoms with Crippen molar-refractivity contribution >= 4 is 52.5 Å². The maximum absolute atomic E-state index is 16.3. The largest absolute Gasteiger partial charge is 0.469 e. The van der Waals surface area contributed by atoms with E-state index in [1.165, 1.54) is 47.9 Å². The molecule has 1 aliphatic carbocycles. The Morgan fingerprint density at radius 3 is 2.23 bits per heavy atom. The van der Waals surface area contributed by atoms with Gasteiger partial charge in [0.25, 0.3) is 10.0 Å². The van der Waals surface area contributed by atoms with E-state index >= 15 is 12.8 Å². The summed E-state index contributed by atoms with van der Waals surface area (Å²) in [6.45, 7) is 17.9. The maximum Gasteiger partial charge on any atom is 0.407 e. The van der Waals surface area contributed by atoms with Crippen LogP contribution in [0.4, 0.5) is 9.18 Å². The highest BCUT2D eigenvalue weighted by Gasteiger charge is 2.46. The van der Waals surface area contributed by atoms with Crippen LogP contribution in [0.5, 0.6) is 0 Å². The molecule has 15 nitrogen and oxygen atoms in total. The van der Waals surface area contributed by atoms with E-state index in [0.717, 1.165) is 9.54 Å². The third kappa shape index (κ3) is 8.54. The summed E-state index contributed by atoms with van der Waals surface area (Å²) in [4.78, 5) is 45.2. The molecule has 4 heterocycles. The Bertz CT molecular complexity index is 2930. The minimum absolute atomic E-state index is 0.0393. The lowest BCUT2D eigenvalue weighted by Gasteiger charge is -2.40. The second-order valence-electron chi connectivity index (χ2n) is 19.3. The highest BCUT2D eigenvalue weighted by molar-refractivity contribution is 7.90. The molecule has 1 saturated carbocycles. The van der Waals surface area contributed by atoms with Crippen LogP contribution in [0.1, 0.15) is 85.3 Å². The third-order valence-electron chi connectivity index (χ3n) is 12.6. The topological polar surface area (TPSA) is 171 Å². The van der Waals surface area contributed by atoms with Gasteiger partial charge in [-0.1, -0.05) is 70.2 Å². The van der Waals surface area contributed by atoms with E-state index in [1.807, 2.05) is 19.1 Å². The predicted molar refractivity (Wildman–Crippen MR) is 246 cm³/mol. The van der Waals surface area contributed by atoms with Crippen molar-refractivity contribution in [2.75, 3.05) is 7.11 Å². The van der Waals surface area contributed by atoms with Crippen LogP contribution in [-0.4, -0.2) is 81.5 Å². The van der Waals surface area contributed by atoms with Crippen molar-refractivity contribution in [3.05, 3.63) is 89.0 Å². The molecule has 4 aromatic heterocycles. The number of amides is 1. The van der Waals surface area contributed by atoms with Crippen molar-refractivity contribution in [3.8, 4) is 22.4 Å². The van der Waals surface area contributed by atoms with E-state index in [0.29, 0.717) is 28.6 Å². The number of aromatic nitrogens is 6. The van der Waals surface area contributed by atoms with Gasteiger partial charge in [-0.25, -0.2) is 27.0 Å². The number of carbonyl (C=O) groups excluding carboxylic acids is 2. The first-order chi connectivity index (χ1) is 29.8. The second-order valence-corrected chi connectivity index (χ2v) is 25.9. The lowest BCUT2D eigenvalue weighted by Crippen LogP contribution is -2.50. The molecule has 0 spiro atoms. The molecular formula is C46H58FN7O8SSi. The monoisotopic (exact) mass is 915 g/mol. The Kier molecular flexibility index (Phi) is 12.1. The number of benzene rings is 2. The lowest BCUT2D eigenvalue weighted by atomic mass is 9.93. The fourth-order valence-electron chi connectivity index (χ4n) is 8.37. The van der Waals surface area contributed by atoms with Crippen molar-refractivity contribution in [2.45, 2.75) is 120 Å². The van der Waals surface area contributed by atoms with Crippen molar-refractivity contribution in [1.82, 2.24) is 33.2 Å². The first-order valence-electron chi connectivity index (χ1n) is 21.3. The Hall–Kier alpha value is -5.59. The normalized spacial score (nSPS) is 17.9. The smallest absolute Gasteiger partial charge is 0.407 e. The van der Waals surface area contributed by atoms with Crippen molar-refractivity contribution in [3.63, 3.8) is 0 Å². The molecule has 0 radical (unpaired) electrons. The Morgan fingerprint density at radius 2 is 1.66 bits per heavy atom. The molecule has 1 aliphatic rings. The van der Waals surface area contributed by atoms with Crippen molar-refractivity contribution < 1.29 is 36.3 Å². The number of aryl methyl sites for hydroxylation is 2. The molecule has 0 aliphatic heterocycles. The number of alkyl carbamates (subject to hydrolysis) is 1. The Labute approximate surface area is 373 Å². The van der Waals surface area contributed by atoms with Crippen molar-refractivity contribution in [1.29, 1.82) is 0 Å². The van der Waals surface area contributed by atoms with Crippen LogP contribution in [-0.2, 0) is 42.8 Å². The first kappa shape index (κ1) is 46.4. The van der Waals surface area contributed by atoms with Gasteiger partial charge in [-0.05, 0) is 80.9 Å². The van der Waals surface area contributed by atoms with Gasteiger partial charge in [0.2, 0.25) is 5.95 Å². The van der Waals surface area contributed by atoms with E-state index in [1.54, 1.807) is 62.7 Å². The summed E-state index contributed by atoms with van der Waals surface area (Å²) in [5.74, 6) is -1.52. The minimum atomic E-state index is -4.53. The summed E-state index contributed by atoms with van der Waals surface area (Å²) in [5, 5.41) is 7.16. The molecule has 1 fully saturated rings. The molecular weight excluding hydrogens is 858 g/mol. The molecule has 64 heavy (non-hydrogen) atoms. The average molecular weight is 916 g/mol. The van der Waals surface area contributed by atoms with Crippen LogP contribution in [0, 0.1) is 5.95 Å². The van der Waals surface area contributed by atoms with Gasteiger partial charge < -0.3 is 19.2 Å². The summed E-state index contributed by atoms with van der Waals surface area (Å²) < 4.78 is 69.6. The number of pyridine rings is 1. The van der Waals surface area contributed by atoms with Crippen molar-refractivity contribution in [2.24, 2.45) is 14.1 Å². The third-order valence-corrected chi connectivity index (χ3v) is 18.8. The van der Waals surface area contributed by atoms with E-state index in [9.17, 15) is 14.4 Å². The Balaban J connectivity index is 1.55. The zero-order chi connectivity index (χ0) is 46.8. The second kappa shape index (κ2) is 16.8. The molecule has 0 unspecified atom stereocenters. The van der Waals surface area contributed by atoms with E-state index < -0.39 is 59.9 Å². The SMILES string of the molecule is COC(=O)C[C@@H](C)c1ccc(-c2c(-c3cn(C)nc3F)n(S(=O)(=O)c3ccccc3)c3ncc4c(c23)n([C@H]2C[C@H](NC(=O)OC(C)(C)C)[C@H](O[Si](C)(C)C(C)(C)C)C2)c(=O)n4C)cc1. The molecule has 0 saturated heterocycles. The first-order valence-corrected chi connectivity index (χ1v) is 25.7. The fourth-order valence-corrected chi connectivity index (χ4v) is 11.2. The number of imidazole rings is 1. The molecule has 342 valence electrons. The summed E-state index contributed by atoms with van der Waals surface area (Å²) in [6, 6.07) is 13.9. The standard InChI is InChI=1S/C46H58FN7O8SSi/c1-27(22-36(55)60-10)28-18-20-29(21-19-28)37-38-40-34(25-48-42(38)54(39(37)32-26-51(8)50-41(32)47)63(58,59)31-16-14-13-15-17-31)52(9)44(57)53(40)30-23-33(49-43(56)61-45(2,3)4)35(24-30)62-64(11,12)46(5,6)7/h13-21,25-27,30,33,35H,22-24H2,1-12H3,(H,49,56)/t27-,30+,33+,35-/m1/s1. The van der Waals surface area contributed by atoms with Gasteiger partial charge in [0.15, 0.2) is 14.0 Å². The number of esters is 1. The number of fused-ring (bicyclic) bond motifs is 3. The number of hydrogen-bond donors (Lipinski definition) is 1. The number of carbonyl (C=O) groups is 2. The van der Waals surface area contributed by atoms with Gasteiger partial charge in [-0.15, -0.1) is 5.10 Å². The van der Waals surface area contributed by atoms with Crippen LogP contribution in [0.3, 0.4) is 0 Å². The Morgan fingerprint density at radius 1 is 1.00 bits per heavy atom. The number of hydrogen-bond acceptors (Lipinski definition) is 10. The highest BCUT2D eigenvalue weighted by Crippen LogP contribution is 2.48. The van der Waals surface area contributed by atoms with Gasteiger partial charge in [0.05, 0.1) is 64.4 Å². The average Bonchev–Trinajstić information content (AvgIpc) is 3.93. The number of nitrogens with one attached hydrogen (secondary N) is 1. The van der Waals surface area contributed by atoms with Gasteiger partial charge in [-0.3, -0.25) is 18.6 Å². The molecule has 18 heteroatoms. The summed E-state index contributed by atoms with van der Waals surface area (Å²) in [5.41, 5.74) is 1.01. The van der Waals surface area contributed by atoms with E-state index in [-0.39, 0.29) is 57.0 Å². The van der Waals surface area contributed by atoms with E-state index in [2.05, 4.69) is 44.3 Å². The predicted octanol–water partition coefficient (Wildman–Crippen LogP) is 8.42. The molecule has 1 amide bonds. The van der Waals surface area contributed by atoms with Crippen LogP contribution in [0.25, 0.3) is 44.5 Å². The summed E-state index contributed by atoms with van der Waals surface area (Å²) >= 11 is 0. The zero-order valence-corrected chi connectivity index (χ0v) is 40.3. The van der Waals surface area contributed by atoms with Gasteiger partial charge in [0.1, 0.15) is 5.60 Å². The highest BCUT2D eigenvalue weighted by atomic mass is 32.2. The van der Waals surface area contributed by atoms with Crippen LogP contribution in [0.2, 0.25) is 18.1 Å². The summed E-state index contributed by atoms with van der Waals surface area (Å²) in [7, 11) is -2.49. The van der Waals surface area contributed by atoms with Crippen LogP contribution >= 0.6 is 0 Å². The molecule has 4 atom stereocenters. The van der Waals surface area contributed by atoms with Gasteiger partial charge in [0, 0.05) is 31.9 Å². The summed E-state index contributed by atoms with van der Waals surface area (Å²) in [6.07, 6.45) is 2.48. The zero-order valence-electron chi connectivity index (χ0n) is 38.5. The lowest BCUT2D eigenvalue weighted by molar-refractivity contribution is -0.141. The fraction of sp³-hybridized carbons (Fsp3) is 0.457. The molecule has 1 N–H and O–H groups in total. The number of ether oxygens (including phenoxy) is 2. The van der Waals surface area contributed by atoms with E-state index in [4.69, 9.17) is 18.9 Å². The number of halogens is 1. The van der Waals surface area contributed by atoms with Crippen LogP contribution in [0.15, 0.2) is 76.7 Å². The molecule has 7 rings (SSSR count). The number of rotatable bonds is 11. The van der Waals surface area contributed by atoms with Gasteiger partial charge >= 0.3 is 17.8 Å². The molecule has 2 aromatic carbocycles. The van der Waals surface area contributed by atoms with Gasteiger partial charge in [-0.2, -0.15) is 4.39 Å². The maximum atomic E-state index is 16.3. The molecule has 0 bridgehead atoms. The van der Waals surface area contributed by atoms with Crippen LogP contribution < -0.4 is 11.0 Å². The number of methoxy groups -OCH3 is 1.